The van der Waals surface area contributed by atoms with Gasteiger partial charge in [0, 0.05) is 31.1 Å². The first-order valence-corrected chi connectivity index (χ1v) is 5.87. The zero-order valence-electron chi connectivity index (χ0n) is 10.5. The number of methoxy groups -OCH3 is 1. The molecule has 0 N–H and O–H groups in total. The van der Waals surface area contributed by atoms with Crippen molar-refractivity contribution >= 4 is 10.9 Å². The zero-order chi connectivity index (χ0) is 12.4. The van der Waals surface area contributed by atoms with Crippen molar-refractivity contribution < 1.29 is 24.8 Å². The normalized spacial score (nSPS) is 9.95. The van der Waals surface area contributed by atoms with Crippen LogP contribution in [0.5, 0.6) is 5.75 Å². The number of aromatic nitrogens is 1. The number of benzene rings is 2. The van der Waals surface area contributed by atoms with Crippen LogP contribution in [0.4, 0.5) is 0 Å². The quantitative estimate of drug-likeness (QED) is 0.619. The molecule has 0 fully saturated rings. The van der Waals surface area contributed by atoms with Gasteiger partial charge in [0.15, 0.2) is 0 Å². The number of ether oxygens (including phenoxy) is 1. The molecular formula is C16H13IrNO. The van der Waals surface area contributed by atoms with Gasteiger partial charge in [-0.3, -0.25) is 0 Å². The number of nitrogens with zero attached hydrogens (tertiary/aromatic N) is 1. The summed E-state index contributed by atoms with van der Waals surface area (Å²) in [6.45, 7) is 0. The van der Waals surface area contributed by atoms with Crippen LogP contribution in [0.15, 0.2) is 60.7 Å². The molecule has 0 spiro atoms. The number of para-hydroxylation sites is 2. The Morgan fingerprint density at radius 1 is 0.842 bits per heavy atom. The van der Waals surface area contributed by atoms with Crippen LogP contribution in [0.2, 0.25) is 0 Å². The minimum atomic E-state index is 0. The molecule has 0 saturated heterocycles. The Bertz CT molecular complexity index is 697. The Kier molecular flexibility index (Phi) is 4.31. The first kappa shape index (κ1) is 13.7. The molecule has 0 aliphatic carbocycles. The number of hydrogen-bond acceptors (Lipinski definition) is 2. The summed E-state index contributed by atoms with van der Waals surface area (Å²) in [6, 6.07) is 20.2. The number of rotatable bonds is 2. The van der Waals surface area contributed by atoms with E-state index < -0.39 is 0 Å². The molecule has 0 aliphatic rings. The molecular weight excluding hydrogens is 414 g/mol. The zero-order valence-corrected chi connectivity index (χ0v) is 12.9. The molecule has 19 heavy (non-hydrogen) atoms. The molecule has 3 aromatic rings. The molecule has 0 amide bonds. The van der Waals surface area contributed by atoms with Gasteiger partial charge in [-0.1, -0.05) is 36.4 Å². The summed E-state index contributed by atoms with van der Waals surface area (Å²) in [5, 5.41) is 1.15. The first-order chi connectivity index (χ1) is 8.88. The molecule has 0 bridgehead atoms. The maximum atomic E-state index is 5.37. The molecule has 1 radical (unpaired) electrons. The van der Waals surface area contributed by atoms with Crippen LogP contribution in [0.3, 0.4) is 0 Å². The maximum absolute atomic E-state index is 5.37. The summed E-state index contributed by atoms with van der Waals surface area (Å²) < 4.78 is 5.37. The molecule has 3 heteroatoms. The van der Waals surface area contributed by atoms with E-state index >= 15 is 0 Å². The van der Waals surface area contributed by atoms with Crippen LogP contribution in [0.25, 0.3) is 22.2 Å². The van der Waals surface area contributed by atoms with E-state index in [4.69, 9.17) is 4.74 Å². The van der Waals surface area contributed by atoms with Gasteiger partial charge in [0.2, 0.25) is 0 Å². The summed E-state index contributed by atoms with van der Waals surface area (Å²) in [7, 11) is 1.68. The number of fused-ring (bicyclic) bond motifs is 1. The molecule has 0 saturated carbocycles. The summed E-state index contributed by atoms with van der Waals surface area (Å²) in [4.78, 5) is 4.67. The van der Waals surface area contributed by atoms with Gasteiger partial charge in [-0.15, -0.1) is 0 Å². The van der Waals surface area contributed by atoms with E-state index in [1.165, 1.54) is 0 Å². The minimum Gasteiger partial charge on any atom is -0.496 e. The number of pyridine rings is 1. The summed E-state index contributed by atoms with van der Waals surface area (Å²) in [5.41, 5.74) is 2.96. The molecule has 97 valence electrons. The number of hydrogen-bond donors (Lipinski definition) is 0. The Morgan fingerprint density at radius 2 is 1.58 bits per heavy atom. The molecule has 1 heterocycles. The molecule has 1 aromatic heterocycles. The van der Waals surface area contributed by atoms with Gasteiger partial charge >= 0.3 is 0 Å². The van der Waals surface area contributed by atoms with Crippen molar-refractivity contribution in [2.24, 2.45) is 0 Å². The second-order valence-electron chi connectivity index (χ2n) is 4.09. The molecule has 2 aromatic carbocycles. The Morgan fingerprint density at radius 3 is 2.42 bits per heavy atom. The molecule has 3 rings (SSSR count). The van der Waals surface area contributed by atoms with Gasteiger partial charge in [0.25, 0.3) is 0 Å². The van der Waals surface area contributed by atoms with E-state index in [0.29, 0.717) is 0 Å². The van der Waals surface area contributed by atoms with Crippen LogP contribution in [-0.4, -0.2) is 12.1 Å². The van der Waals surface area contributed by atoms with Crippen LogP contribution in [0.1, 0.15) is 0 Å². The van der Waals surface area contributed by atoms with Gasteiger partial charge in [-0.05, 0) is 24.3 Å². The van der Waals surface area contributed by atoms with Gasteiger partial charge in [-0.2, -0.15) is 0 Å². The van der Waals surface area contributed by atoms with Crippen molar-refractivity contribution in [2.75, 3.05) is 7.11 Å². The van der Waals surface area contributed by atoms with Crippen molar-refractivity contribution in [2.45, 2.75) is 0 Å². The first-order valence-electron chi connectivity index (χ1n) is 5.87. The standard InChI is InChI=1S/C16H13NO.Ir/c1-18-16-9-5-3-7-13(16)15-11-10-12-6-2-4-8-14(12)17-15;/h2-11H,1H3;. The van der Waals surface area contributed by atoms with E-state index in [1.54, 1.807) is 7.11 Å². The smallest absolute Gasteiger partial charge is 0.128 e. The van der Waals surface area contributed by atoms with Gasteiger partial charge in [0.05, 0.1) is 18.3 Å². The van der Waals surface area contributed by atoms with Gasteiger partial charge in [0.1, 0.15) is 5.75 Å². The van der Waals surface area contributed by atoms with Crippen molar-refractivity contribution in [3.63, 3.8) is 0 Å². The summed E-state index contributed by atoms with van der Waals surface area (Å²) in [5.74, 6) is 0.847. The van der Waals surface area contributed by atoms with E-state index in [-0.39, 0.29) is 20.1 Å². The van der Waals surface area contributed by atoms with E-state index in [0.717, 1.165) is 27.9 Å². The molecule has 0 unspecified atom stereocenters. The van der Waals surface area contributed by atoms with Gasteiger partial charge < -0.3 is 4.74 Å². The Hall–Kier alpha value is -1.70. The largest absolute Gasteiger partial charge is 0.496 e. The third-order valence-electron chi connectivity index (χ3n) is 2.98. The topological polar surface area (TPSA) is 22.1 Å². The van der Waals surface area contributed by atoms with E-state index in [2.05, 4.69) is 17.1 Å². The predicted octanol–water partition coefficient (Wildman–Crippen LogP) is 3.91. The van der Waals surface area contributed by atoms with Crippen molar-refractivity contribution in [1.82, 2.24) is 4.98 Å². The third-order valence-corrected chi connectivity index (χ3v) is 2.98. The fourth-order valence-corrected chi connectivity index (χ4v) is 2.07. The fourth-order valence-electron chi connectivity index (χ4n) is 2.07. The Labute approximate surface area is 125 Å². The fraction of sp³-hybridized carbons (Fsp3) is 0.0625. The van der Waals surface area contributed by atoms with E-state index in [1.807, 2.05) is 48.5 Å². The average Bonchev–Trinajstić information content (AvgIpc) is 2.46. The van der Waals surface area contributed by atoms with Crippen molar-refractivity contribution in [3.05, 3.63) is 60.7 Å². The molecule has 2 nitrogen and oxygen atoms in total. The van der Waals surface area contributed by atoms with Crippen LogP contribution < -0.4 is 4.74 Å². The second-order valence-corrected chi connectivity index (χ2v) is 4.09. The molecule has 0 aliphatic heterocycles. The van der Waals surface area contributed by atoms with Crippen LogP contribution in [-0.2, 0) is 20.1 Å². The monoisotopic (exact) mass is 428 g/mol. The van der Waals surface area contributed by atoms with Crippen LogP contribution in [0, 0.1) is 0 Å². The summed E-state index contributed by atoms with van der Waals surface area (Å²) >= 11 is 0. The third kappa shape index (κ3) is 2.67. The van der Waals surface area contributed by atoms with Crippen molar-refractivity contribution in [3.8, 4) is 17.0 Å². The summed E-state index contributed by atoms with van der Waals surface area (Å²) in [6.07, 6.45) is 0. The second kappa shape index (κ2) is 5.96. The average molecular weight is 428 g/mol. The SMILES string of the molecule is COc1ccccc1-c1ccc2ccccc2n1.[Ir]. The van der Waals surface area contributed by atoms with Crippen molar-refractivity contribution in [1.29, 1.82) is 0 Å². The van der Waals surface area contributed by atoms with E-state index in [9.17, 15) is 0 Å². The minimum absolute atomic E-state index is 0. The van der Waals surface area contributed by atoms with Crippen LogP contribution >= 0.6 is 0 Å². The van der Waals surface area contributed by atoms with Gasteiger partial charge in [-0.25, -0.2) is 4.98 Å². The maximum Gasteiger partial charge on any atom is 0.128 e. The Balaban J connectivity index is 0.00000133. The predicted molar refractivity (Wildman–Crippen MR) is 73.7 cm³/mol. The molecule has 0 atom stereocenters.